The molecule has 1 amide bonds. The molecule has 0 aliphatic heterocycles. The van der Waals surface area contributed by atoms with Crippen molar-refractivity contribution < 1.29 is 4.79 Å². The highest BCUT2D eigenvalue weighted by Crippen LogP contribution is 2.19. The summed E-state index contributed by atoms with van der Waals surface area (Å²) >= 11 is 6.06. The first-order chi connectivity index (χ1) is 13.6. The minimum atomic E-state index is -0.117. The highest BCUT2D eigenvalue weighted by atomic mass is 35.5. The molecule has 0 bridgehead atoms. The van der Waals surface area contributed by atoms with Crippen LogP contribution >= 0.6 is 11.6 Å². The van der Waals surface area contributed by atoms with Gasteiger partial charge in [0, 0.05) is 19.5 Å². The average Bonchev–Trinajstić information content (AvgIpc) is 3.01. The number of imidazole rings is 1. The van der Waals surface area contributed by atoms with E-state index in [0.717, 1.165) is 54.7 Å². The van der Waals surface area contributed by atoms with Crippen molar-refractivity contribution in [2.24, 2.45) is 0 Å². The highest BCUT2D eigenvalue weighted by molar-refractivity contribution is 6.33. The van der Waals surface area contributed by atoms with Gasteiger partial charge in [-0.15, -0.1) is 0 Å². The molecule has 0 saturated heterocycles. The first-order valence-electron chi connectivity index (χ1n) is 9.67. The Bertz CT molecular complexity index is 977. The normalized spacial score (nSPS) is 10.9. The van der Waals surface area contributed by atoms with Crippen molar-refractivity contribution in [3.05, 3.63) is 77.1 Å². The lowest BCUT2D eigenvalue weighted by Gasteiger charge is -2.09. The Morgan fingerprint density at radius 1 is 1.11 bits per heavy atom. The Kier molecular flexibility index (Phi) is 6.88. The molecule has 1 heterocycles. The van der Waals surface area contributed by atoms with Gasteiger partial charge in [-0.1, -0.05) is 54.4 Å². The van der Waals surface area contributed by atoms with E-state index in [2.05, 4.69) is 28.6 Å². The van der Waals surface area contributed by atoms with Gasteiger partial charge in [-0.2, -0.15) is 0 Å². The van der Waals surface area contributed by atoms with E-state index in [1.165, 1.54) is 0 Å². The molecule has 3 rings (SSSR count). The summed E-state index contributed by atoms with van der Waals surface area (Å²) in [5.74, 6) is 0.984. The molecule has 0 unspecified atom stereocenters. The number of aromatic nitrogens is 2. The fourth-order valence-electron chi connectivity index (χ4n) is 3.29. The molecule has 2 aromatic carbocycles. The third kappa shape index (κ3) is 5.02. The fourth-order valence-corrected chi connectivity index (χ4v) is 3.51. The molecule has 0 fully saturated rings. The zero-order chi connectivity index (χ0) is 19.9. The van der Waals surface area contributed by atoms with E-state index in [4.69, 9.17) is 16.6 Å². The van der Waals surface area contributed by atoms with Gasteiger partial charge in [0.25, 0.3) is 5.91 Å². The van der Waals surface area contributed by atoms with Crippen LogP contribution in [0.3, 0.4) is 0 Å². The largest absolute Gasteiger partial charge is 0.352 e. The van der Waals surface area contributed by atoms with Gasteiger partial charge in [0.2, 0.25) is 0 Å². The minimum absolute atomic E-state index is 0.117. The lowest BCUT2D eigenvalue weighted by atomic mass is 10.1. The average molecular weight is 396 g/mol. The van der Waals surface area contributed by atoms with Crippen LogP contribution in [0.15, 0.2) is 60.7 Å². The number of halogens is 1. The van der Waals surface area contributed by atoms with Crippen molar-refractivity contribution in [3.8, 4) is 0 Å². The Labute approximate surface area is 171 Å². The Morgan fingerprint density at radius 2 is 1.86 bits per heavy atom. The molecular weight excluding hydrogens is 370 g/mol. The van der Waals surface area contributed by atoms with Gasteiger partial charge in [-0.25, -0.2) is 4.98 Å². The van der Waals surface area contributed by atoms with Gasteiger partial charge in [-0.3, -0.25) is 4.79 Å². The summed E-state index contributed by atoms with van der Waals surface area (Å²) in [6, 6.07) is 15.3. The predicted octanol–water partition coefficient (Wildman–Crippen LogP) is 5.41. The van der Waals surface area contributed by atoms with Crippen LogP contribution in [-0.2, 0) is 13.0 Å². The number of hydrogen-bond donors (Lipinski definition) is 1. The Balaban J connectivity index is 1.48. The van der Waals surface area contributed by atoms with Crippen molar-refractivity contribution in [1.82, 2.24) is 14.9 Å². The fraction of sp³-hybridized carbons (Fsp3) is 0.304. The molecule has 3 aromatic rings. The summed E-state index contributed by atoms with van der Waals surface area (Å²) in [6.07, 6.45) is 3.90. The topological polar surface area (TPSA) is 46.9 Å². The van der Waals surface area contributed by atoms with E-state index < -0.39 is 0 Å². The monoisotopic (exact) mass is 395 g/mol. The number of fused-ring (bicyclic) bond motifs is 1. The number of rotatable bonds is 9. The van der Waals surface area contributed by atoms with Crippen molar-refractivity contribution in [2.75, 3.05) is 6.54 Å². The Morgan fingerprint density at radius 3 is 2.64 bits per heavy atom. The van der Waals surface area contributed by atoms with E-state index in [1.807, 2.05) is 31.2 Å². The molecule has 0 atom stereocenters. The van der Waals surface area contributed by atoms with Crippen molar-refractivity contribution in [2.45, 2.75) is 39.2 Å². The molecular formula is C23H26ClN3O. The van der Waals surface area contributed by atoms with Crippen molar-refractivity contribution in [1.29, 1.82) is 0 Å². The molecule has 1 aromatic heterocycles. The molecule has 5 heteroatoms. The maximum atomic E-state index is 12.1. The number of hydrogen-bond acceptors (Lipinski definition) is 2. The van der Waals surface area contributed by atoms with E-state index in [9.17, 15) is 4.79 Å². The molecule has 0 aliphatic carbocycles. The minimum Gasteiger partial charge on any atom is -0.352 e. The molecule has 28 heavy (non-hydrogen) atoms. The lowest BCUT2D eigenvalue weighted by Crippen LogP contribution is -2.24. The van der Waals surface area contributed by atoms with E-state index >= 15 is 0 Å². The van der Waals surface area contributed by atoms with Gasteiger partial charge in [0.1, 0.15) is 5.82 Å². The lowest BCUT2D eigenvalue weighted by molar-refractivity contribution is 0.0953. The van der Waals surface area contributed by atoms with Gasteiger partial charge >= 0.3 is 0 Å². The summed E-state index contributed by atoms with van der Waals surface area (Å²) in [4.78, 5) is 16.9. The number of carbonyl (C=O) groups excluding carboxylic acids is 1. The van der Waals surface area contributed by atoms with E-state index in [-0.39, 0.29) is 5.91 Å². The van der Waals surface area contributed by atoms with Crippen LogP contribution in [0, 0.1) is 0 Å². The molecule has 0 aliphatic rings. The standard InChI is InChI=1S/C23H26ClN3O/c1-17(2)16-27-21-13-8-7-12-20(21)26-22(27)14-4-3-9-15-25-23(28)18-10-5-6-11-19(18)24/h5-8,10-13H,1,3-4,9,14-16H2,2H3,(H,25,28). The molecule has 146 valence electrons. The maximum Gasteiger partial charge on any atom is 0.252 e. The number of carbonyl (C=O) groups is 1. The predicted molar refractivity (Wildman–Crippen MR) is 116 cm³/mol. The third-order valence-corrected chi connectivity index (χ3v) is 4.97. The van der Waals surface area contributed by atoms with Gasteiger partial charge in [0.05, 0.1) is 21.6 Å². The highest BCUT2D eigenvalue weighted by Gasteiger charge is 2.11. The second-order valence-electron chi connectivity index (χ2n) is 7.11. The molecule has 0 spiro atoms. The summed E-state index contributed by atoms with van der Waals surface area (Å²) in [5.41, 5.74) is 3.84. The van der Waals surface area contributed by atoms with E-state index in [0.29, 0.717) is 17.1 Å². The Hall–Kier alpha value is -2.59. The second-order valence-corrected chi connectivity index (χ2v) is 7.51. The first kappa shape index (κ1) is 20.2. The number of aryl methyl sites for hydroxylation is 1. The van der Waals surface area contributed by atoms with E-state index in [1.54, 1.807) is 12.1 Å². The summed E-state index contributed by atoms with van der Waals surface area (Å²) in [7, 11) is 0. The molecule has 0 radical (unpaired) electrons. The number of unbranched alkanes of at least 4 members (excludes halogenated alkanes) is 2. The number of nitrogens with zero attached hydrogens (tertiary/aromatic N) is 2. The summed E-state index contributed by atoms with van der Waals surface area (Å²) < 4.78 is 2.26. The molecule has 1 N–H and O–H groups in total. The van der Waals surface area contributed by atoms with Crippen LogP contribution in [0.25, 0.3) is 11.0 Å². The number of allylic oxidation sites excluding steroid dienone is 1. The van der Waals surface area contributed by atoms with Crippen LogP contribution < -0.4 is 5.32 Å². The number of nitrogens with one attached hydrogen (secondary N) is 1. The second kappa shape index (κ2) is 9.56. The maximum absolute atomic E-state index is 12.1. The summed E-state index contributed by atoms with van der Waals surface area (Å²) in [5, 5.41) is 3.42. The number of benzene rings is 2. The van der Waals surface area contributed by atoms with Crippen molar-refractivity contribution >= 4 is 28.5 Å². The molecule has 4 nitrogen and oxygen atoms in total. The zero-order valence-corrected chi connectivity index (χ0v) is 17.0. The SMILES string of the molecule is C=C(C)Cn1c(CCCCCNC(=O)c2ccccc2Cl)nc2ccccc21. The van der Waals surface area contributed by atoms with Gasteiger partial charge < -0.3 is 9.88 Å². The zero-order valence-electron chi connectivity index (χ0n) is 16.2. The van der Waals surface area contributed by atoms with Gasteiger partial charge in [0.15, 0.2) is 0 Å². The smallest absolute Gasteiger partial charge is 0.252 e. The quantitative estimate of drug-likeness (QED) is 0.389. The van der Waals surface area contributed by atoms with Crippen LogP contribution in [0.2, 0.25) is 5.02 Å². The summed E-state index contributed by atoms with van der Waals surface area (Å²) in [6.45, 7) is 7.53. The third-order valence-electron chi connectivity index (χ3n) is 4.64. The van der Waals surface area contributed by atoms with Crippen LogP contribution in [0.4, 0.5) is 0 Å². The van der Waals surface area contributed by atoms with Crippen LogP contribution in [0.5, 0.6) is 0 Å². The number of amides is 1. The number of para-hydroxylation sites is 2. The molecule has 0 saturated carbocycles. The van der Waals surface area contributed by atoms with Crippen LogP contribution in [0.1, 0.15) is 42.4 Å². The van der Waals surface area contributed by atoms with Crippen molar-refractivity contribution in [3.63, 3.8) is 0 Å². The first-order valence-corrected chi connectivity index (χ1v) is 10.1. The van der Waals surface area contributed by atoms with Gasteiger partial charge in [-0.05, 0) is 44.0 Å². The van der Waals surface area contributed by atoms with Crippen LogP contribution in [-0.4, -0.2) is 22.0 Å².